The van der Waals surface area contributed by atoms with Crippen molar-refractivity contribution in [1.82, 2.24) is 15.5 Å². The molecule has 1 saturated carbocycles. The molecule has 1 fully saturated rings. The highest BCUT2D eigenvalue weighted by Gasteiger charge is 2.48. The molecule has 0 radical (unpaired) electrons. The van der Waals surface area contributed by atoms with Gasteiger partial charge >= 0.3 is 6.09 Å². The third kappa shape index (κ3) is 9.67. The number of carbonyl (C=O) groups excluding carboxylic acids is 3. The molecule has 0 aromatic heterocycles. The molecule has 1 aliphatic rings. The van der Waals surface area contributed by atoms with Crippen LogP contribution in [0, 0.1) is 11.8 Å². The first kappa shape index (κ1) is 30.7. The van der Waals surface area contributed by atoms with Gasteiger partial charge in [0, 0.05) is 12.6 Å². The van der Waals surface area contributed by atoms with Crippen molar-refractivity contribution in [2.75, 3.05) is 6.54 Å². The molecule has 0 saturated heterocycles. The molecule has 2 rings (SSSR count). The largest absolute Gasteiger partial charge is 0.444 e. The Morgan fingerprint density at radius 2 is 1.70 bits per heavy atom. The third-order valence-corrected chi connectivity index (χ3v) is 6.68. The SMILES string of the molecule is CCCCCNC(=O)C(c1ccc(CC)cc1)N(C(=O)C(CC(C)C)NC(=O)OC(C)(C)C)C1CC1C. The highest BCUT2D eigenvalue weighted by molar-refractivity contribution is 5.92. The minimum absolute atomic E-state index is 0.0557. The van der Waals surface area contributed by atoms with Gasteiger partial charge in [-0.25, -0.2) is 4.79 Å². The summed E-state index contributed by atoms with van der Waals surface area (Å²) in [7, 11) is 0. The molecular weight excluding hydrogens is 466 g/mol. The predicted molar refractivity (Wildman–Crippen MR) is 148 cm³/mol. The van der Waals surface area contributed by atoms with E-state index in [1.54, 1.807) is 25.7 Å². The number of carbonyl (C=O) groups is 3. The van der Waals surface area contributed by atoms with Crippen LogP contribution < -0.4 is 10.6 Å². The summed E-state index contributed by atoms with van der Waals surface area (Å²) in [4.78, 5) is 42.3. The monoisotopic (exact) mass is 515 g/mol. The Labute approximate surface area is 224 Å². The van der Waals surface area contributed by atoms with E-state index >= 15 is 0 Å². The minimum Gasteiger partial charge on any atom is -0.444 e. The molecule has 1 aromatic rings. The highest BCUT2D eigenvalue weighted by atomic mass is 16.6. The Morgan fingerprint density at radius 1 is 1.08 bits per heavy atom. The summed E-state index contributed by atoms with van der Waals surface area (Å²) < 4.78 is 5.47. The molecule has 1 aliphatic carbocycles. The summed E-state index contributed by atoms with van der Waals surface area (Å²) in [6.07, 6.45) is 4.56. The smallest absolute Gasteiger partial charge is 0.408 e. The van der Waals surface area contributed by atoms with Gasteiger partial charge in [0.25, 0.3) is 0 Å². The van der Waals surface area contributed by atoms with Crippen molar-refractivity contribution in [3.8, 4) is 0 Å². The van der Waals surface area contributed by atoms with Gasteiger partial charge in [0.2, 0.25) is 11.8 Å². The Morgan fingerprint density at radius 3 is 2.19 bits per heavy atom. The van der Waals surface area contributed by atoms with Crippen molar-refractivity contribution in [2.24, 2.45) is 11.8 Å². The Bertz CT molecular complexity index is 891. The van der Waals surface area contributed by atoms with E-state index in [0.717, 1.165) is 37.7 Å². The number of rotatable bonds is 13. The topological polar surface area (TPSA) is 87.7 Å². The Kier molecular flexibility index (Phi) is 11.5. The van der Waals surface area contributed by atoms with Gasteiger partial charge in [-0.05, 0) is 69.4 Å². The lowest BCUT2D eigenvalue weighted by atomic mass is 9.98. The molecule has 0 bridgehead atoms. The van der Waals surface area contributed by atoms with Crippen LogP contribution in [0.25, 0.3) is 0 Å². The van der Waals surface area contributed by atoms with Crippen LogP contribution in [-0.2, 0) is 20.7 Å². The fourth-order valence-electron chi connectivity index (χ4n) is 4.55. The van der Waals surface area contributed by atoms with Crippen LogP contribution in [0.5, 0.6) is 0 Å². The molecule has 7 nitrogen and oxygen atoms in total. The lowest BCUT2D eigenvalue weighted by Gasteiger charge is -2.35. The van der Waals surface area contributed by atoms with E-state index in [2.05, 4.69) is 31.4 Å². The number of amides is 3. The lowest BCUT2D eigenvalue weighted by Crippen LogP contribution is -2.54. The molecule has 3 amide bonds. The summed E-state index contributed by atoms with van der Waals surface area (Å²) in [5.74, 6) is 0.0403. The molecule has 0 aliphatic heterocycles. The fraction of sp³-hybridized carbons (Fsp3) is 0.700. The standard InChI is InChI=1S/C30H49N3O4/c1-9-11-12-17-31-27(34)26(23-15-13-22(10-2)14-16-23)33(25-19-21(25)5)28(35)24(18-20(3)4)32-29(36)37-30(6,7)8/h13-16,20-21,24-26H,9-12,17-19H2,1-8H3,(H,31,34)(H,32,36). The maximum atomic E-state index is 14.2. The number of hydrogen-bond acceptors (Lipinski definition) is 4. The van der Waals surface area contributed by atoms with Crippen molar-refractivity contribution < 1.29 is 19.1 Å². The van der Waals surface area contributed by atoms with E-state index in [9.17, 15) is 14.4 Å². The van der Waals surface area contributed by atoms with Crippen molar-refractivity contribution in [1.29, 1.82) is 0 Å². The second kappa shape index (κ2) is 13.8. The molecule has 4 unspecified atom stereocenters. The van der Waals surface area contributed by atoms with Crippen molar-refractivity contribution in [3.63, 3.8) is 0 Å². The van der Waals surface area contributed by atoms with E-state index in [4.69, 9.17) is 4.74 Å². The van der Waals surface area contributed by atoms with Crippen LogP contribution in [-0.4, -0.2) is 47.0 Å². The Hall–Kier alpha value is -2.57. The molecular formula is C30H49N3O4. The number of nitrogens with one attached hydrogen (secondary N) is 2. The first-order chi connectivity index (χ1) is 17.4. The minimum atomic E-state index is -0.784. The first-order valence-corrected chi connectivity index (χ1v) is 14.1. The molecule has 0 heterocycles. The highest BCUT2D eigenvalue weighted by Crippen LogP contribution is 2.41. The zero-order chi connectivity index (χ0) is 27.8. The van der Waals surface area contributed by atoms with Gasteiger partial charge < -0.3 is 20.3 Å². The Balaban J connectivity index is 2.43. The van der Waals surface area contributed by atoms with Gasteiger partial charge in [-0.2, -0.15) is 0 Å². The molecule has 2 N–H and O–H groups in total. The van der Waals surface area contributed by atoms with Crippen LogP contribution in [0.15, 0.2) is 24.3 Å². The van der Waals surface area contributed by atoms with Crippen molar-refractivity contribution >= 4 is 17.9 Å². The van der Waals surface area contributed by atoms with E-state index in [1.807, 2.05) is 38.1 Å². The number of benzene rings is 1. The van der Waals surface area contributed by atoms with Crippen molar-refractivity contribution in [3.05, 3.63) is 35.4 Å². The molecule has 4 atom stereocenters. The molecule has 37 heavy (non-hydrogen) atoms. The summed E-state index contributed by atoms with van der Waals surface area (Å²) in [5.41, 5.74) is 1.29. The van der Waals surface area contributed by atoms with Gasteiger partial charge in [-0.1, -0.05) is 71.7 Å². The van der Waals surface area contributed by atoms with E-state index in [-0.39, 0.29) is 29.7 Å². The van der Waals surface area contributed by atoms with Gasteiger partial charge in [-0.15, -0.1) is 0 Å². The molecule has 1 aromatic carbocycles. The average molecular weight is 516 g/mol. The number of hydrogen-bond donors (Lipinski definition) is 2. The van der Waals surface area contributed by atoms with Gasteiger partial charge in [0.05, 0.1) is 0 Å². The first-order valence-electron chi connectivity index (χ1n) is 14.1. The lowest BCUT2D eigenvalue weighted by molar-refractivity contribution is -0.143. The van der Waals surface area contributed by atoms with Gasteiger partial charge in [0.1, 0.15) is 17.7 Å². The normalized spacial score (nSPS) is 18.6. The number of unbranched alkanes of at least 4 members (excludes halogenated alkanes) is 2. The van der Waals surface area contributed by atoms with E-state index < -0.39 is 23.8 Å². The summed E-state index contributed by atoms with van der Waals surface area (Å²) in [5, 5.41) is 5.91. The van der Waals surface area contributed by atoms with Crippen LogP contribution in [0.1, 0.15) is 105 Å². The zero-order valence-electron chi connectivity index (χ0n) is 24.2. The number of aryl methyl sites for hydroxylation is 1. The maximum absolute atomic E-state index is 14.2. The number of ether oxygens (including phenoxy) is 1. The zero-order valence-corrected chi connectivity index (χ0v) is 24.2. The third-order valence-electron chi connectivity index (χ3n) is 6.68. The molecule has 208 valence electrons. The van der Waals surface area contributed by atoms with Crippen molar-refractivity contribution in [2.45, 2.75) is 118 Å². The van der Waals surface area contributed by atoms with Crippen LogP contribution in [0.3, 0.4) is 0 Å². The van der Waals surface area contributed by atoms with Crippen LogP contribution in [0.2, 0.25) is 0 Å². The number of alkyl carbamates (subject to hydrolysis) is 1. The average Bonchev–Trinajstić information content (AvgIpc) is 3.53. The summed E-state index contributed by atoms with van der Waals surface area (Å²) >= 11 is 0. The quantitative estimate of drug-likeness (QED) is 0.326. The second-order valence-corrected chi connectivity index (χ2v) is 11.9. The summed E-state index contributed by atoms with van der Waals surface area (Å²) in [6, 6.07) is 6.37. The van der Waals surface area contributed by atoms with Crippen LogP contribution in [0.4, 0.5) is 4.79 Å². The number of nitrogens with zero attached hydrogens (tertiary/aromatic N) is 1. The molecule has 7 heteroatoms. The van der Waals surface area contributed by atoms with E-state index in [1.165, 1.54) is 5.56 Å². The maximum Gasteiger partial charge on any atom is 0.408 e. The van der Waals surface area contributed by atoms with Gasteiger partial charge in [-0.3, -0.25) is 9.59 Å². The summed E-state index contributed by atoms with van der Waals surface area (Å²) in [6.45, 7) is 16.3. The van der Waals surface area contributed by atoms with Gasteiger partial charge in [0.15, 0.2) is 0 Å². The second-order valence-electron chi connectivity index (χ2n) is 11.9. The fourth-order valence-corrected chi connectivity index (χ4v) is 4.55. The molecule has 0 spiro atoms. The predicted octanol–water partition coefficient (Wildman–Crippen LogP) is 5.77. The van der Waals surface area contributed by atoms with E-state index in [0.29, 0.717) is 13.0 Å². The van der Waals surface area contributed by atoms with Crippen LogP contribution >= 0.6 is 0 Å².